The van der Waals surface area contributed by atoms with Crippen molar-refractivity contribution in [1.82, 2.24) is 9.97 Å². The molecule has 58 valence electrons. The van der Waals surface area contributed by atoms with Crippen LogP contribution in [0.1, 0.15) is 11.3 Å². The maximum absolute atomic E-state index is 9.83. The second-order valence-electron chi connectivity index (χ2n) is 1.68. The first-order valence-corrected chi connectivity index (χ1v) is 3.27. The lowest BCUT2D eigenvalue weighted by Gasteiger charge is -2.03. The van der Waals surface area contributed by atoms with E-state index in [1.807, 2.05) is 0 Å². The molecule has 0 aliphatic carbocycles. The third-order valence-electron chi connectivity index (χ3n) is 0.991. The Morgan fingerprint density at radius 1 is 1.64 bits per heavy atom. The normalized spacial score (nSPS) is 12.1. The summed E-state index contributed by atoms with van der Waals surface area (Å²) in [5, 5.41) is 0. The molecule has 1 aromatic rings. The molecule has 0 aliphatic rings. The van der Waals surface area contributed by atoms with Gasteiger partial charge in [0.05, 0.1) is 6.20 Å². The molecule has 4 nitrogen and oxygen atoms in total. The molecule has 0 aromatic carbocycles. The lowest BCUT2D eigenvalue weighted by Crippen LogP contribution is -1.98. The summed E-state index contributed by atoms with van der Waals surface area (Å²) in [7, 11) is 0. The number of ether oxygens (including phenoxy) is 1. The van der Waals surface area contributed by atoms with Crippen molar-refractivity contribution in [3.05, 3.63) is 24.3 Å². The third-order valence-corrected chi connectivity index (χ3v) is 1.32. The monoisotopic (exact) mass is 172 g/mol. The Morgan fingerprint density at radius 2 is 2.45 bits per heavy atom. The van der Waals surface area contributed by atoms with Gasteiger partial charge in [0.15, 0.2) is 0 Å². The van der Waals surface area contributed by atoms with Crippen LogP contribution in [-0.2, 0) is 9.53 Å². The maximum Gasteiger partial charge on any atom is 0.294 e. The number of nitrogens with zero attached hydrogens (tertiary/aromatic N) is 2. The van der Waals surface area contributed by atoms with E-state index in [0.29, 0.717) is 5.69 Å². The fourth-order valence-corrected chi connectivity index (χ4v) is 0.701. The number of alkyl halides is 1. The topological polar surface area (TPSA) is 52.1 Å². The predicted octanol–water partition coefficient (Wildman–Crippen LogP) is 0.887. The van der Waals surface area contributed by atoms with E-state index < -0.39 is 5.56 Å². The van der Waals surface area contributed by atoms with Gasteiger partial charge in [-0.25, -0.2) is 0 Å². The number of rotatable bonds is 3. The summed E-state index contributed by atoms with van der Waals surface area (Å²) in [4.78, 5) is 17.4. The molecule has 0 radical (unpaired) electrons. The number of hydrogen-bond donors (Lipinski definition) is 0. The van der Waals surface area contributed by atoms with Gasteiger partial charge in [-0.05, 0) is 0 Å². The van der Waals surface area contributed by atoms with Gasteiger partial charge in [-0.3, -0.25) is 14.8 Å². The standard InChI is InChI=1S/C6H5ClN2O2/c7-6(11-4-10)5-3-8-1-2-9-5/h1-4,6H. The minimum Gasteiger partial charge on any atom is -0.442 e. The number of halogens is 1. The average Bonchev–Trinajstić information content (AvgIpc) is 2.07. The van der Waals surface area contributed by atoms with Gasteiger partial charge in [0.25, 0.3) is 6.47 Å². The minimum atomic E-state index is -0.846. The number of hydrogen-bond acceptors (Lipinski definition) is 4. The second kappa shape index (κ2) is 3.88. The smallest absolute Gasteiger partial charge is 0.294 e. The zero-order valence-electron chi connectivity index (χ0n) is 5.48. The van der Waals surface area contributed by atoms with E-state index in [1.165, 1.54) is 18.6 Å². The van der Waals surface area contributed by atoms with E-state index in [-0.39, 0.29) is 6.47 Å². The Labute approximate surface area is 68.2 Å². The van der Waals surface area contributed by atoms with Crippen molar-refractivity contribution < 1.29 is 9.53 Å². The Balaban J connectivity index is 2.68. The predicted molar refractivity (Wildman–Crippen MR) is 37.8 cm³/mol. The average molecular weight is 173 g/mol. The van der Waals surface area contributed by atoms with Crippen LogP contribution in [-0.4, -0.2) is 16.4 Å². The van der Waals surface area contributed by atoms with Crippen molar-refractivity contribution in [2.75, 3.05) is 0 Å². The molecular weight excluding hydrogens is 168 g/mol. The summed E-state index contributed by atoms with van der Waals surface area (Å²) < 4.78 is 4.41. The van der Waals surface area contributed by atoms with Gasteiger partial charge in [-0.15, -0.1) is 0 Å². The minimum absolute atomic E-state index is 0.270. The highest BCUT2D eigenvalue weighted by atomic mass is 35.5. The van der Waals surface area contributed by atoms with Gasteiger partial charge < -0.3 is 4.74 Å². The quantitative estimate of drug-likeness (QED) is 0.502. The molecule has 5 heteroatoms. The molecule has 0 saturated heterocycles. The van der Waals surface area contributed by atoms with Crippen molar-refractivity contribution in [2.24, 2.45) is 0 Å². The third kappa shape index (κ3) is 2.16. The Kier molecular flexibility index (Phi) is 2.80. The summed E-state index contributed by atoms with van der Waals surface area (Å²) in [6.45, 7) is 0.270. The van der Waals surface area contributed by atoms with Gasteiger partial charge >= 0.3 is 0 Å². The zero-order chi connectivity index (χ0) is 8.10. The molecule has 1 atom stereocenters. The Bertz CT molecular complexity index is 229. The lowest BCUT2D eigenvalue weighted by molar-refractivity contribution is -0.130. The van der Waals surface area contributed by atoms with Crippen LogP contribution in [0.5, 0.6) is 0 Å². The summed E-state index contributed by atoms with van der Waals surface area (Å²) in [5.41, 5.74) is -0.428. The number of carbonyl (C=O) groups is 1. The van der Waals surface area contributed by atoms with Crippen LogP contribution in [0.15, 0.2) is 18.6 Å². The molecule has 0 spiro atoms. The fraction of sp³-hybridized carbons (Fsp3) is 0.167. The second-order valence-corrected chi connectivity index (χ2v) is 2.08. The van der Waals surface area contributed by atoms with Gasteiger partial charge in [-0.1, -0.05) is 11.6 Å². The van der Waals surface area contributed by atoms with E-state index in [4.69, 9.17) is 11.6 Å². The van der Waals surface area contributed by atoms with Crippen molar-refractivity contribution in [1.29, 1.82) is 0 Å². The zero-order valence-corrected chi connectivity index (χ0v) is 6.23. The van der Waals surface area contributed by atoms with Crippen LogP contribution >= 0.6 is 11.6 Å². The van der Waals surface area contributed by atoms with Gasteiger partial charge in [0.2, 0.25) is 5.56 Å². The lowest BCUT2D eigenvalue weighted by atomic mass is 10.5. The summed E-state index contributed by atoms with van der Waals surface area (Å²) >= 11 is 5.55. The van der Waals surface area contributed by atoms with Crippen LogP contribution in [0, 0.1) is 0 Å². The largest absolute Gasteiger partial charge is 0.442 e. The van der Waals surface area contributed by atoms with Gasteiger partial charge in [0.1, 0.15) is 5.69 Å². The molecule has 1 rings (SSSR count). The highest BCUT2D eigenvalue weighted by Crippen LogP contribution is 2.16. The molecule has 0 aliphatic heterocycles. The van der Waals surface area contributed by atoms with Crippen molar-refractivity contribution in [3.63, 3.8) is 0 Å². The summed E-state index contributed by atoms with van der Waals surface area (Å²) in [6, 6.07) is 0. The van der Waals surface area contributed by atoms with Crippen molar-refractivity contribution in [2.45, 2.75) is 5.56 Å². The molecule has 11 heavy (non-hydrogen) atoms. The first-order valence-electron chi connectivity index (χ1n) is 2.83. The van der Waals surface area contributed by atoms with E-state index in [9.17, 15) is 4.79 Å². The molecule has 0 saturated carbocycles. The highest BCUT2D eigenvalue weighted by Gasteiger charge is 2.07. The Morgan fingerprint density at radius 3 is 3.00 bits per heavy atom. The van der Waals surface area contributed by atoms with Crippen LogP contribution in [0.4, 0.5) is 0 Å². The summed E-state index contributed by atoms with van der Waals surface area (Å²) in [5.74, 6) is 0. The molecule has 0 amide bonds. The fourth-order valence-electron chi connectivity index (χ4n) is 0.546. The van der Waals surface area contributed by atoms with E-state index in [0.717, 1.165) is 0 Å². The molecular formula is C6H5ClN2O2. The molecule has 0 N–H and O–H groups in total. The Hall–Kier alpha value is -1.16. The summed E-state index contributed by atoms with van der Waals surface area (Å²) in [6.07, 6.45) is 4.41. The van der Waals surface area contributed by atoms with Gasteiger partial charge in [-0.2, -0.15) is 0 Å². The first-order chi connectivity index (χ1) is 5.34. The molecule has 1 aromatic heterocycles. The molecule has 1 heterocycles. The van der Waals surface area contributed by atoms with Crippen molar-refractivity contribution in [3.8, 4) is 0 Å². The molecule has 0 fully saturated rings. The van der Waals surface area contributed by atoms with Crippen LogP contribution in [0.25, 0.3) is 0 Å². The van der Waals surface area contributed by atoms with Gasteiger partial charge in [0, 0.05) is 12.4 Å². The molecule has 0 bridgehead atoms. The van der Waals surface area contributed by atoms with E-state index >= 15 is 0 Å². The van der Waals surface area contributed by atoms with E-state index in [2.05, 4.69) is 14.7 Å². The highest BCUT2D eigenvalue weighted by molar-refractivity contribution is 6.20. The SMILES string of the molecule is O=COC(Cl)c1cnccn1. The van der Waals surface area contributed by atoms with Crippen LogP contribution in [0.2, 0.25) is 0 Å². The van der Waals surface area contributed by atoms with Crippen LogP contribution < -0.4 is 0 Å². The van der Waals surface area contributed by atoms with Crippen molar-refractivity contribution >= 4 is 18.1 Å². The number of carbonyl (C=O) groups excluding carboxylic acids is 1. The molecule has 1 unspecified atom stereocenters. The number of aromatic nitrogens is 2. The van der Waals surface area contributed by atoms with E-state index in [1.54, 1.807) is 0 Å². The van der Waals surface area contributed by atoms with Crippen LogP contribution in [0.3, 0.4) is 0 Å². The maximum atomic E-state index is 9.83. The first kappa shape index (κ1) is 7.94.